The highest BCUT2D eigenvalue weighted by molar-refractivity contribution is 4.90. The van der Waals surface area contributed by atoms with Crippen molar-refractivity contribution in [2.75, 3.05) is 19.8 Å². The highest BCUT2D eigenvalue weighted by atomic mass is 15.3. The second-order valence-corrected chi connectivity index (χ2v) is 9.07. The van der Waals surface area contributed by atoms with E-state index in [1.54, 1.807) is 0 Å². The third-order valence-electron chi connectivity index (χ3n) is 6.20. The summed E-state index contributed by atoms with van der Waals surface area (Å²) in [6.45, 7) is 8.17. The molecule has 0 spiro atoms. The predicted molar refractivity (Wildman–Crippen MR) is 126 cm³/mol. The maximum atomic E-state index is 2.49. The Morgan fingerprint density at radius 2 is 0.750 bits per heavy atom. The third-order valence-corrected chi connectivity index (χ3v) is 6.20. The number of hydrogen-bond acceptors (Lipinski definition) is 2. The van der Waals surface area contributed by atoms with Crippen molar-refractivity contribution in [3.05, 3.63) is 12.4 Å². The molecule has 0 aromatic rings. The first-order valence-electron chi connectivity index (χ1n) is 13.0. The van der Waals surface area contributed by atoms with Gasteiger partial charge in [-0.05, 0) is 12.8 Å². The molecular weight excluding hydrogens is 340 g/mol. The standard InChI is InChI=1S/C26H52N2/c1-3-5-7-8-9-10-11-12-13-14-15-16-17-18-19-20-21-23-28-25-24-27(26-28)22-6-4-2/h24-25H,3-23,26H2,1-2H3. The highest BCUT2D eigenvalue weighted by Gasteiger charge is 2.10. The first-order valence-corrected chi connectivity index (χ1v) is 13.0. The van der Waals surface area contributed by atoms with Crippen molar-refractivity contribution in [3.8, 4) is 0 Å². The van der Waals surface area contributed by atoms with E-state index < -0.39 is 0 Å². The van der Waals surface area contributed by atoms with E-state index in [2.05, 4.69) is 36.0 Å². The van der Waals surface area contributed by atoms with Crippen LogP contribution in [0.5, 0.6) is 0 Å². The molecule has 1 heterocycles. The molecule has 1 aliphatic rings. The summed E-state index contributed by atoms with van der Waals surface area (Å²) in [5.41, 5.74) is 0. The predicted octanol–water partition coefficient (Wildman–Crippen LogP) is 8.48. The zero-order chi connectivity index (χ0) is 20.1. The second kappa shape index (κ2) is 19.6. The molecule has 2 nitrogen and oxygen atoms in total. The quantitative estimate of drug-likeness (QED) is 0.181. The van der Waals surface area contributed by atoms with E-state index in [1.807, 2.05) is 0 Å². The molecule has 0 aliphatic carbocycles. The minimum absolute atomic E-state index is 1.12. The average Bonchev–Trinajstić information content (AvgIpc) is 3.16. The van der Waals surface area contributed by atoms with E-state index in [1.165, 1.54) is 135 Å². The fraction of sp³-hybridized carbons (Fsp3) is 0.923. The minimum atomic E-state index is 1.12. The fourth-order valence-electron chi connectivity index (χ4n) is 4.21. The van der Waals surface area contributed by atoms with Gasteiger partial charge in [-0.1, -0.05) is 123 Å². The van der Waals surface area contributed by atoms with Gasteiger partial charge in [-0.25, -0.2) is 0 Å². The molecule has 0 bridgehead atoms. The van der Waals surface area contributed by atoms with Crippen molar-refractivity contribution >= 4 is 0 Å². The van der Waals surface area contributed by atoms with Crippen LogP contribution < -0.4 is 0 Å². The van der Waals surface area contributed by atoms with Crippen molar-refractivity contribution < 1.29 is 0 Å². The van der Waals surface area contributed by atoms with E-state index >= 15 is 0 Å². The Morgan fingerprint density at radius 1 is 0.429 bits per heavy atom. The third kappa shape index (κ3) is 15.3. The van der Waals surface area contributed by atoms with Gasteiger partial charge >= 0.3 is 0 Å². The zero-order valence-corrected chi connectivity index (χ0v) is 19.6. The molecule has 28 heavy (non-hydrogen) atoms. The molecule has 0 fully saturated rings. The molecule has 1 aliphatic heterocycles. The van der Waals surface area contributed by atoms with E-state index in [4.69, 9.17) is 0 Å². The van der Waals surface area contributed by atoms with Crippen LogP contribution >= 0.6 is 0 Å². The van der Waals surface area contributed by atoms with Gasteiger partial charge < -0.3 is 9.80 Å². The van der Waals surface area contributed by atoms with Gasteiger partial charge in [0.05, 0.1) is 6.67 Å². The van der Waals surface area contributed by atoms with Crippen LogP contribution in [0, 0.1) is 0 Å². The molecule has 0 radical (unpaired) electrons. The Morgan fingerprint density at radius 3 is 1.14 bits per heavy atom. The van der Waals surface area contributed by atoms with Crippen LogP contribution in [0.4, 0.5) is 0 Å². The number of unbranched alkanes of at least 4 members (excludes halogenated alkanes) is 17. The van der Waals surface area contributed by atoms with E-state index in [0.29, 0.717) is 0 Å². The fourth-order valence-corrected chi connectivity index (χ4v) is 4.21. The van der Waals surface area contributed by atoms with Crippen LogP contribution in [0.3, 0.4) is 0 Å². The van der Waals surface area contributed by atoms with Gasteiger partial charge in [0, 0.05) is 25.5 Å². The van der Waals surface area contributed by atoms with Crippen molar-refractivity contribution in [1.29, 1.82) is 0 Å². The first kappa shape index (κ1) is 25.4. The molecule has 166 valence electrons. The van der Waals surface area contributed by atoms with Gasteiger partial charge in [0.25, 0.3) is 0 Å². The first-order chi connectivity index (χ1) is 13.9. The molecule has 0 amide bonds. The molecule has 0 unspecified atom stereocenters. The summed E-state index contributed by atoms with van der Waals surface area (Å²) in [6.07, 6.45) is 31.9. The molecule has 0 N–H and O–H groups in total. The number of rotatable bonds is 21. The van der Waals surface area contributed by atoms with Crippen molar-refractivity contribution in [2.45, 2.75) is 136 Å². The normalized spacial score (nSPS) is 13.8. The highest BCUT2D eigenvalue weighted by Crippen LogP contribution is 2.15. The van der Waals surface area contributed by atoms with Gasteiger partial charge in [-0.15, -0.1) is 0 Å². The van der Waals surface area contributed by atoms with Gasteiger partial charge in [-0.3, -0.25) is 0 Å². The molecule has 2 heteroatoms. The lowest BCUT2D eigenvalue weighted by molar-refractivity contribution is 0.258. The maximum Gasteiger partial charge on any atom is 0.0893 e. The van der Waals surface area contributed by atoms with E-state index in [9.17, 15) is 0 Å². The summed E-state index contributed by atoms with van der Waals surface area (Å²) in [5.74, 6) is 0. The van der Waals surface area contributed by atoms with E-state index in [-0.39, 0.29) is 0 Å². The van der Waals surface area contributed by atoms with Crippen LogP contribution in [-0.2, 0) is 0 Å². The molecule has 0 saturated heterocycles. The van der Waals surface area contributed by atoms with Crippen molar-refractivity contribution in [2.24, 2.45) is 0 Å². The lowest BCUT2D eigenvalue weighted by Gasteiger charge is -2.21. The smallest absolute Gasteiger partial charge is 0.0893 e. The number of nitrogens with zero attached hydrogens (tertiary/aromatic N) is 2. The topological polar surface area (TPSA) is 6.48 Å². The van der Waals surface area contributed by atoms with Gasteiger partial charge in [0.1, 0.15) is 0 Å². The molecule has 0 atom stereocenters. The minimum Gasteiger partial charge on any atom is -0.359 e. The molecular formula is C26H52N2. The van der Waals surface area contributed by atoms with E-state index in [0.717, 1.165) is 6.67 Å². The van der Waals surface area contributed by atoms with Crippen LogP contribution in [0.1, 0.15) is 136 Å². The molecule has 0 saturated carbocycles. The van der Waals surface area contributed by atoms with Crippen LogP contribution in [-0.4, -0.2) is 29.6 Å². The SMILES string of the molecule is CCCCCCCCCCCCCCCCCCCN1C=CN(CCCC)C1. The Hall–Kier alpha value is -0.660. The van der Waals surface area contributed by atoms with Crippen LogP contribution in [0.15, 0.2) is 12.4 Å². The van der Waals surface area contributed by atoms with Gasteiger partial charge in [-0.2, -0.15) is 0 Å². The average molecular weight is 393 g/mol. The summed E-state index contributed by atoms with van der Waals surface area (Å²) < 4.78 is 0. The van der Waals surface area contributed by atoms with Gasteiger partial charge in [0.15, 0.2) is 0 Å². The summed E-state index contributed by atoms with van der Waals surface area (Å²) >= 11 is 0. The van der Waals surface area contributed by atoms with Gasteiger partial charge in [0.2, 0.25) is 0 Å². The maximum absolute atomic E-state index is 2.49. The summed E-state index contributed by atoms with van der Waals surface area (Å²) in [7, 11) is 0. The lowest BCUT2D eigenvalue weighted by atomic mass is 10.0. The monoisotopic (exact) mass is 392 g/mol. The molecule has 1 rings (SSSR count). The summed E-state index contributed by atoms with van der Waals surface area (Å²) in [4.78, 5) is 4.94. The summed E-state index contributed by atoms with van der Waals surface area (Å²) in [5, 5.41) is 0. The van der Waals surface area contributed by atoms with Crippen LogP contribution in [0.2, 0.25) is 0 Å². The number of hydrogen-bond donors (Lipinski definition) is 0. The van der Waals surface area contributed by atoms with Crippen molar-refractivity contribution in [3.63, 3.8) is 0 Å². The largest absolute Gasteiger partial charge is 0.359 e. The van der Waals surface area contributed by atoms with Crippen LogP contribution in [0.25, 0.3) is 0 Å². The lowest BCUT2D eigenvalue weighted by Crippen LogP contribution is -2.26. The summed E-state index contributed by atoms with van der Waals surface area (Å²) in [6, 6.07) is 0. The van der Waals surface area contributed by atoms with Crippen molar-refractivity contribution in [1.82, 2.24) is 9.80 Å². The Bertz CT molecular complexity index is 339. The second-order valence-electron chi connectivity index (χ2n) is 9.07. The Balaban J connectivity index is 1.71. The molecule has 0 aromatic heterocycles. The Kier molecular flexibility index (Phi) is 17.8. The Labute approximate surface area is 178 Å². The molecule has 0 aromatic carbocycles. The zero-order valence-electron chi connectivity index (χ0n) is 19.6.